The lowest BCUT2D eigenvalue weighted by Gasteiger charge is -2.34. The fraction of sp³-hybridized carbons (Fsp3) is 0.393. The Kier molecular flexibility index (Phi) is 5.98. The molecule has 3 fully saturated rings. The molecule has 196 valence electrons. The Labute approximate surface area is 222 Å². The largest absolute Gasteiger partial charge is 0.616 e. The lowest BCUT2D eigenvalue weighted by Crippen LogP contribution is -2.51. The van der Waals surface area contributed by atoms with Crippen LogP contribution in [0.5, 0.6) is 11.8 Å². The van der Waals surface area contributed by atoms with E-state index < -0.39 is 17.0 Å². The molecule has 3 aliphatic rings. The highest BCUT2D eigenvalue weighted by Crippen LogP contribution is 2.37. The van der Waals surface area contributed by atoms with E-state index in [4.69, 9.17) is 9.72 Å². The summed E-state index contributed by atoms with van der Waals surface area (Å²) in [4.78, 5) is 16.1. The lowest BCUT2D eigenvalue weighted by atomic mass is 10.00. The second-order valence-corrected chi connectivity index (χ2v) is 12.1. The molecule has 2 atom stereocenters. The Balaban J connectivity index is 1.37. The van der Waals surface area contributed by atoms with Crippen LogP contribution in [0.2, 0.25) is 0 Å². The molecule has 10 heteroatoms. The number of nitrogens with zero attached hydrogens (tertiary/aromatic N) is 4. The van der Waals surface area contributed by atoms with Crippen molar-refractivity contribution in [3.8, 4) is 23.0 Å². The topological polar surface area (TPSA) is 106 Å². The lowest BCUT2D eigenvalue weighted by molar-refractivity contribution is 0.174. The highest BCUT2D eigenvalue weighted by Gasteiger charge is 2.34. The number of hydrogen-bond acceptors (Lipinski definition) is 8. The number of pyridine rings is 1. The van der Waals surface area contributed by atoms with E-state index in [1.807, 2.05) is 24.3 Å². The van der Waals surface area contributed by atoms with Crippen LogP contribution in [0, 0.1) is 5.82 Å². The Morgan fingerprint density at radius 1 is 1.03 bits per heavy atom. The van der Waals surface area contributed by atoms with Gasteiger partial charge in [0, 0.05) is 49.8 Å². The van der Waals surface area contributed by atoms with Crippen LogP contribution in [-0.2, 0) is 11.2 Å². The number of anilines is 1. The van der Waals surface area contributed by atoms with Gasteiger partial charge >= 0.3 is 6.01 Å². The van der Waals surface area contributed by atoms with Gasteiger partial charge in [0.25, 0.3) is 0 Å². The van der Waals surface area contributed by atoms with Crippen molar-refractivity contribution in [2.24, 2.45) is 0 Å². The molecule has 0 spiro atoms. The fourth-order valence-electron chi connectivity index (χ4n) is 6.00. The quantitative estimate of drug-likeness (QED) is 0.380. The molecule has 7 rings (SSSR count). The molecule has 2 aromatic carbocycles. The van der Waals surface area contributed by atoms with Crippen LogP contribution in [-0.4, -0.2) is 67.4 Å². The normalized spacial score (nSPS) is 25.3. The molecular weight excluding hydrogens is 505 g/mol. The third kappa shape index (κ3) is 4.30. The molecule has 8 nitrogen and oxygen atoms in total. The van der Waals surface area contributed by atoms with Crippen molar-refractivity contribution in [1.82, 2.24) is 20.3 Å². The van der Waals surface area contributed by atoms with Gasteiger partial charge in [0.1, 0.15) is 40.4 Å². The van der Waals surface area contributed by atoms with Gasteiger partial charge < -0.3 is 24.6 Å². The molecule has 3 aliphatic heterocycles. The van der Waals surface area contributed by atoms with E-state index >= 15 is 4.39 Å². The zero-order chi connectivity index (χ0) is 25.8. The zero-order valence-electron chi connectivity index (χ0n) is 20.8. The molecule has 38 heavy (non-hydrogen) atoms. The van der Waals surface area contributed by atoms with E-state index in [2.05, 4.69) is 20.2 Å². The third-order valence-corrected chi connectivity index (χ3v) is 9.25. The first-order valence-corrected chi connectivity index (χ1v) is 14.6. The molecule has 2 bridgehead atoms. The molecule has 0 radical (unpaired) electrons. The molecule has 4 aromatic rings. The summed E-state index contributed by atoms with van der Waals surface area (Å²) in [7, 11) is 0. The standard InChI is InChI=1S/C28H28FN5O3S/c29-24-25(22-12-19(35)11-16-3-1-2-4-21(16)22)30-13-23-26(24)32-28(37-20-7-9-38(36)10-8-20)33-27(23)34-14-17-5-6-18(15-34)31-17/h1-4,11-13,17-18,20,31,35H,5-10,14-15H2/t17-,18+,20?,38?. The number of aromatic hydroxyl groups is 1. The maximum atomic E-state index is 16.4. The van der Waals surface area contributed by atoms with Gasteiger partial charge in [0.15, 0.2) is 5.82 Å². The van der Waals surface area contributed by atoms with Gasteiger partial charge in [0.05, 0.1) is 5.39 Å². The Morgan fingerprint density at radius 3 is 2.58 bits per heavy atom. The molecule has 2 aromatic heterocycles. The summed E-state index contributed by atoms with van der Waals surface area (Å²) >= 11 is -0.817. The number of ether oxygens (including phenoxy) is 1. The van der Waals surface area contributed by atoms with E-state index in [-0.39, 0.29) is 29.1 Å². The molecule has 3 saturated heterocycles. The Hall–Kier alpha value is -3.21. The fourth-order valence-corrected chi connectivity index (χ4v) is 7.26. The Morgan fingerprint density at radius 2 is 1.79 bits per heavy atom. The van der Waals surface area contributed by atoms with Crippen LogP contribution in [0.4, 0.5) is 10.2 Å². The van der Waals surface area contributed by atoms with Crippen molar-refractivity contribution < 1.29 is 18.8 Å². The summed E-state index contributed by atoms with van der Waals surface area (Å²) in [6.45, 7) is 1.54. The van der Waals surface area contributed by atoms with Crippen LogP contribution in [0.1, 0.15) is 25.7 Å². The maximum absolute atomic E-state index is 16.4. The monoisotopic (exact) mass is 533 g/mol. The smallest absolute Gasteiger partial charge is 0.319 e. The Bertz CT molecular complexity index is 1520. The molecule has 0 unspecified atom stereocenters. The number of nitrogens with one attached hydrogen (secondary N) is 1. The minimum atomic E-state index is -0.817. The molecular formula is C28H28FN5O3S. The minimum Gasteiger partial charge on any atom is -0.616 e. The first-order valence-electron chi connectivity index (χ1n) is 13.1. The predicted octanol–water partition coefficient (Wildman–Crippen LogP) is 3.92. The molecule has 0 amide bonds. The van der Waals surface area contributed by atoms with E-state index in [9.17, 15) is 9.66 Å². The summed E-state index contributed by atoms with van der Waals surface area (Å²) in [5.41, 5.74) is 0.763. The van der Waals surface area contributed by atoms with Crippen molar-refractivity contribution in [2.75, 3.05) is 29.5 Å². The van der Waals surface area contributed by atoms with Crippen molar-refractivity contribution in [3.05, 3.63) is 48.4 Å². The number of hydrogen-bond donors (Lipinski definition) is 2. The number of rotatable bonds is 4. The molecule has 0 aliphatic carbocycles. The average Bonchev–Trinajstić information content (AvgIpc) is 3.26. The number of benzene rings is 2. The van der Waals surface area contributed by atoms with Crippen LogP contribution in [0.25, 0.3) is 32.9 Å². The average molecular weight is 534 g/mol. The summed E-state index contributed by atoms with van der Waals surface area (Å²) in [6, 6.07) is 11.6. The molecule has 5 heterocycles. The number of piperazine rings is 1. The number of phenolic OH excluding ortho intramolecular Hbond substituents is 1. The van der Waals surface area contributed by atoms with Gasteiger partial charge in [-0.3, -0.25) is 4.98 Å². The van der Waals surface area contributed by atoms with Gasteiger partial charge in [0.2, 0.25) is 0 Å². The van der Waals surface area contributed by atoms with Crippen LogP contribution in [0.3, 0.4) is 0 Å². The number of aromatic nitrogens is 3. The maximum Gasteiger partial charge on any atom is 0.319 e. The van der Waals surface area contributed by atoms with Crippen molar-refractivity contribution in [3.63, 3.8) is 0 Å². The van der Waals surface area contributed by atoms with E-state index in [0.29, 0.717) is 53.2 Å². The second-order valence-electron chi connectivity index (χ2n) is 10.4. The van der Waals surface area contributed by atoms with Gasteiger partial charge in [-0.15, -0.1) is 0 Å². The highest BCUT2D eigenvalue weighted by atomic mass is 32.2. The summed E-state index contributed by atoms with van der Waals surface area (Å²) in [5, 5.41) is 16.1. The summed E-state index contributed by atoms with van der Waals surface area (Å²) in [6.07, 6.45) is 5.00. The van der Waals surface area contributed by atoms with Gasteiger partial charge in [-0.1, -0.05) is 35.4 Å². The highest BCUT2D eigenvalue weighted by molar-refractivity contribution is 7.91. The van der Waals surface area contributed by atoms with Crippen molar-refractivity contribution >= 4 is 38.7 Å². The number of halogens is 1. The first-order chi connectivity index (χ1) is 18.5. The van der Waals surface area contributed by atoms with Crippen molar-refractivity contribution in [1.29, 1.82) is 0 Å². The molecule has 0 saturated carbocycles. The van der Waals surface area contributed by atoms with E-state index in [1.54, 1.807) is 12.3 Å². The van der Waals surface area contributed by atoms with Crippen molar-refractivity contribution in [2.45, 2.75) is 43.9 Å². The van der Waals surface area contributed by atoms with Crippen LogP contribution < -0.4 is 15.0 Å². The van der Waals surface area contributed by atoms with Gasteiger partial charge in [-0.25, -0.2) is 4.39 Å². The van der Waals surface area contributed by atoms with Gasteiger partial charge in [-0.05, 0) is 35.7 Å². The summed E-state index contributed by atoms with van der Waals surface area (Å²) in [5.74, 6) is 1.26. The zero-order valence-corrected chi connectivity index (χ0v) is 21.6. The minimum absolute atomic E-state index is 0.0402. The van der Waals surface area contributed by atoms with Gasteiger partial charge in [-0.2, -0.15) is 9.97 Å². The first kappa shape index (κ1) is 23.9. The van der Waals surface area contributed by atoms with Crippen LogP contribution >= 0.6 is 0 Å². The predicted molar refractivity (Wildman–Crippen MR) is 146 cm³/mol. The molecule has 2 N–H and O–H groups in total. The SMILES string of the molecule is [O-][S+]1CCC(Oc2nc(N3C[C@H]4CC[C@@H](C3)N4)c3cnc(-c4cc(O)cc5ccccc45)c(F)c3n2)CC1. The van der Waals surface area contributed by atoms with Crippen LogP contribution in [0.15, 0.2) is 42.6 Å². The number of phenols is 1. The number of fused-ring (bicyclic) bond motifs is 4. The summed E-state index contributed by atoms with van der Waals surface area (Å²) < 4.78 is 34.4. The van der Waals surface area contributed by atoms with E-state index in [0.717, 1.165) is 36.7 Å². The van der Waals surface area contributed by atoms with E-state index in [1.165, 1.54) is 6.07 Å². The third-order valence-electron chi connectivity index (χ3n) is 7.87. The second kappa shape index (κ2) is 9.52.